The van der Waals surface area contributed by atoms with Crippen LogP contribution in [0.25, 0.3) is 0 Å². The van der Waals surface area contributed by atoms with Gasteiger partial charge in [0.05, 0.1) is 19.7 Å². The van der Waals surface area contributed by atoms with Crippen molar-refractivity contribution in [3.63, 3.8) is 0 Å². The number of ether oxygens (including phenoxy) is 1. The zero-order valence-electron chi connectivity index (χ0n) is 9.03. The van der Waals surface area contributed by atoms with Gasteiger partial charge in [0.1, 0.15) is 6.33 Å². The largest absolute Gasteiger partial charge is 0.383 e. The van der Waals surface area contributed by atoms with Crippen LogP contribution in [0.4, 0.5) is 0 Å². The van der Waals surface area contributed by atoms with Crippen LogP contribution in [0.5, 0.6) is 0 Å². The van der Waals surface area contributed by atoms with Crippen LogP contribution < -0.4 is 5.32 Å². The van der Waals surface area contributed by atoms with Gasteiger partial charge < -0.3 is 10.1 Å². The molecule has 1 N–H and O–H groups in total. The second-order valence-corrected chi connectivity index (χ2v) is 3.45. The third-order valence-corrected chi connectivity index (χ3v) is 1.78. The molecule has 1 aromatic heterocycles. The number of aromatic nitrogens is 3. The van der Waals surface area contributed by atoms with Gasteiger partial charge in [0.25, 0.3) is 0 Å². The van der Waals surface area contributed by atoms with Crippen molar-refractivity contribution in [3.8, 4) is 0 Å². The summed E-state index contributed by atoms with van der Waals surface area (Å²) in [5.74, 6) is 0.829. The smallest absolute Gasteiger partial charge is 0.164 e. The van der Waals surface area contributed by atoms with Crippen LogP contribution in [0.1, 0.15) is 19.7 Å². The van der Waals surface area contributed by atoms with Crippen molar-refractivity contribution < 1.29 is 4.74 Å². The highest BCUT2D eigenvalue weighted by atomic mass is 16.5. The van der Waals surface area contributed by atoms with Gasteiger partial charge in [-0.15, -0.1) is 0 Å². The van der Waals surface area contributed by atoms with Gasteiger partial charge in [0.15, 0.2) is 5.82 Å². The minimum atomic E-state index is 0.459. The van der Waals surface area contributed by atoms with Gasteiger partial charge in [-0.3, -0.25) is 4.68 Å². The molecule has 0 aromatic carbocycles. The maximum absolute atomic E-state index is 4.95. The van der Waals surface area contributed by atoms with Crippen LogP contribution in [0.3, 0.4) is 0 Å². The molecule has 14 heavy (non-hydrogen) atoms. The average Bonchev–Trinajstić information content (AvgIpc) is 2.59. The summed E-state index contributed by atoms with van der Waals surface area (Å²) in [4.78, 5) is 4.17. The summed E-state index contributed by atoms with van der Waals surface area (Å²) in [6.07, 6.45) is 1.73. The molecule has 0 radical (unpaired) electrons. The average molecular weight is 198 g/mol. The first kappa shape index (κ1) is 11.1. The molecule has 0 bridgehead atoms. The lowest BCUT2D eigenvalue weighted by atomic mass is 10.4. The highest BCUT2D eigenvalue weighted by molar-refractivity contribution is 4.81. The summed E-state index contributed by atoms with van der Waals surface area (Å²) < 4.78 is 6.74. The van der Waals surface area contributed by atoms with E-state index < -0.39 is 0 Å². The third-order valence-electron chi connectivity index (χ3n) is 1.78. The molecule has 0 saturated carbocycles. The van der Waals surface area contributed by atoms with E-state index in [4.69, 9.17) is 4.74 Å². The highest BCUT2D eigenvalue weighted by Gasteiger charge is 2.00. The van der Waals surface area contributed by atoms with E-state index in [2.05, 4.69) is 29.2 Å². The molecule has 0 saturated heterocycles. The first-order valence-corrected chi connectivity index (χ1v) is 4.83. The molecule has 80 valence electrons. The zero-order chi connectivity index (χ0) is 10.4. The van der Waals surface area contributed by atoms with Gasteiger partial charge in [-0.2, -0.15) is 5.10 Å². The fourth-order valence-electron chi connectivity index (χ4n) is 1.00. The summed E-state index contributed by atoms with van der Waals surface area (Å²) in [6.45, 7) is 6.34. The Kier molecular flexibility index (Phi) is 4.55. The lowest BCUT2D eigenvalue weighted by Crippen LogP contribution is -2.22. The summed E-state index contributed by atoms with van der Waals surface area (Å²) >= 11 is 0. The Morgan fingerprint density at radius 1 is 1.57 bits per heavy atom. The Morgan fingerprint density at radius 2 is 2.36 bits per heavy atom. The predicted molar refractivity (Wildman–Crippen MR) is 53.9 cm³/mol. The Labute approximate surface area is 84.5 Å². The SMILES string of the molecule is COCCn1cnc(CNC(C)C)n1. The second kappa shape index (κ2) is 5.72. The molecule has 0 aliphatic carbocycles. The molecule has 0 unspecified atom stereocenters. The maximum Gasteiger partial charge on any atom is 0.164 e. The van der Waals surface area contributed by atoms with Crippen molar-refractivity contribution in [2.45, 2.75) is 33.0 Å². The summed E-state index contributed by atoms with van der Waals surface area (Å²) in [5.41, 5.74) is 0. The normalized spacial score (nSPS) is 11.1. The van der Waals surface area contributed by atoms with E-state index in [9.17, 15) is 0 Å². The van der Waals surface area contributed by atoms with Crippen molar-refractivity contribution in [1.29, 1.82) is 0 Å². The van der Waals surface area contributed by atoms with E-state index in [1.54, 1.807) is 18.1 Å². The molecule has 5 heteroatoms. The molecule has 0 atom stereocenters. The van der Waals surface area contributed by atoms with E-state index in [1.165, 1.54) is 0 Å². The standard InChI is InChI=1S/C9H18N4O/c1-8(2)10-6-9-11-7-13(12-9)4-5-14-3/h7-8,10H,4-6H2,1-3H3. The third kappa shape index (κ3) is 3.85. The molecule has 0 spiro atoms. The Bertz CT molecular complexity index is 259. The number of methoxy groups -OCH3 is 1. The van der Waals surface area contributed by atoms with Crippen LogP contribution in [0.15, 0.2) is 6.33 Å². The molecular weight excluding hydrogens is 180 g/mol. The summed E-state index contributed by atoms with van der Waals surface area (Å²) in [6, 6.07) is 0.459. The Hall–Kier alpha value is -0.940. The van der Waals surface area contributed by atoms with Crippen molar-refractivity contribution in [3.05, 3.63) is 12.2 Å². The topological polar surface area (TPSA) is 52.0 Å². The number of nitrogens with one attached hydrogen (secondary N) is 1. The van der Waals surface area contributed by atoms with Gasteiger partial charge in [0.2, 0.25) is 0 Å². The van der Waals surface area contributed by atoms with E-state index in [-0.39, 0.29) is 0 Å². The minimum Gasteiger partial charge on any atom is -0.383 e. The Balaban J connectivity index is 2.35. The molecule has 1 heterocycles. The van der Waals surface area contributed by atoms with Crippen molar-refractivity contribution in [2.24, 2.45) is 0 Å². The molecular formula is C9H18N4O. The predicted octanol–water partition coefficient (Wildman–Crippen LogP) is 0.422. The number of hydrogen-bond acceptors (Lipinski definition) is 4. The van der Waals surface area contributed by atoms with Gasteiger partial charge >= 0.3 is 0 Å². The van der Waals surface area contributed by atoms with Crippen LogP contribution >= 0.6 is 0 Å². The monoisotopic (exact) mass is 198 g/mol. The fourth-order valence-corrected chi connectivity index (χ4v) is 1.00. The van der Waals surface area contributed by atoms with E-state index in [0.29, 0.717) is 12.6 Å². The molecule has 5 nitrogen and oxygen atoms in total. The van der Waals surface area contributed by atoms with Gasteiger partial charge in [-0.05, 0) is 0 Å². The molecule has 0 amide bonds. The molecule has 1 aromatic rings. The number of nitrogens with zero attached hydrogens (tertiary/aromatic N) is 3. The van der Waals surface area contributed by atoms with Crippen molar-refractivity contribution >= 4 is 0 Å². The molecule has 1 rings (SSSR count). The fraction of sp³-hybridized carbons (Fsp3) is 0.778. The molecule has 0 aliphatic heterocycles. The lowest BCUT2D eigenvalue weighted by molar-refractivity contribution is 0.183. The maximum atomic E-state index is 4.95. The van der Waals surface area contributed by atoms with Crippen LogP contribution in [-0.2, 0) is 17.8 Å². The molecule has 0 fully saturated rings. The number of hydrogen-bond donors (Lipinski definition) is 1. The van der Waals surface area contributed by atoms with Crippen LogP contribution in [0.2, 0.25) is 0 Å². The van der Waals surface area contributed by atoms with E-state index in [0.717, 1.165) is 18.9 Å². The first-order chi connectivity index (χ1) is 6.72. The first-order valence-electron chi connectivity index (χ1n) is 4.83. The van der Waals surface area contributed by atoms with Gasteiger partial charge in [-0.25, -0.2) is 4.98 Å². The second-order valence-electron chi connectivity index (χ2n) is 3.45. The minimum absolute atomic E-state index is 0.459. The van der Waals surface area contributed by atoms with Crippen LogP contribution in [0, 0.1) is 0 Å². The molecule has 0 aliphatic rings. The van der Waals surface area contributed by atoms with Gasteiger partial charge in [-0.1, -0.05) is 13.8 Å². The van der Waals surface area contributed by atoms with Crippen molar-refractivity contribution in [1.82, 2.24) is 20.1 Å². The number of rotatable bonds is 6. The summed E-state index contributed by atoms with van der Waals surface area (Å²) in [5, 5.41) is 7.54. The van der Waals surface area contributed by atoms with E-state index in [1.807, 2.05) is 0 Å². The van der Waals surface area contributed by atoms with Crippen LogP contribution in [-0.4, -0.2) is 34.5 Å². The summed E-state index contributed by atoms with van der Waals surface area (Å²) in [7, 11) is 1.68. The van der Waals surface area contributed by atoms with E-state index >= 15 is 0 Å². The zero-order valence-corrected chi connectivity index (χ0v) is 9.03. The van der Waals surface area contributed by atoms with Crippen molar-refractivity contribution in [2.75, 3.05) is 13.7 Å². The highest BCUT2D eigenvalue weighted by Crippen LogP contribution is 1.91. The van der Waals surface area contributed by atoms with Gasteiger partial charge in [0, 0.05) is 13.2 Å². The lowest BCUT2D eigenvalue weighted by Gasteiger charge is -2.04. The Morgan fingerprint density at radius 3 is 3.00 bits per heavy atom. The quantitative estimate of drug-likeness (QED) is 0.720.